The number of aromatic nitrogens is 1. The number of thiophene rings is 1. The van der Waals surface area contributed by atoms with E-state index in [1.165, 1.54) is 11.3 Å². The molecule has 4 rings (SSSR count). The number of nitrogens with zero attached hydrogens (tertiary/aromatic N) is 3. The maximum Gasteiger partial charge on any atom is 0.259 e. The number of fused-ring (bicyclic) bond motifs is 1. The van der Waals surface area contributed by atoms with Gasteiger partial charge in [0.2, 0.25) is 5.91 Å². The quantitative estimate of drug-likeness (QED) is 0.587. The van der Waals surface area contributed by atoms with Crippen molar-refractivity contribution in [1.82, 2.24) is 14.8 Å². The molecule has 6 nitrogen and oxygen atoms in total. The summed E-state index contributed by atoms with van der Waals surface area (Å²) in [5.74, 6) is -0.209. The van der Waals surface area contributed by atoms with Crippen molar-refractivity contribution in [2.75, 3.05) is 20.1 Å². The van der Waals surface area contributed by atoms with Crippen molar-refractivity contribution in [2.45, 2.75) is 38.3 Å². The fourth-order valence-corrected chi connectivity index (χ4v) is 5.47. The zero-order valence-electron chi connectivity index (χ0n) is 17.8. The highest BCUT2D eigenvalue weighted by Gasteiger charge is 2.30. The minimum Gasteiger partial charge on any atom is -0.365 e. The van der Waals surface area contributed by atoms with Crippen LogP contribution in [0.25, 0.3) is 10.1 Å². The van der Waals surface area contributed by atoms with Crippen LogP contribution in [0.3, 0.4) is 0 Å². The number of primary amides is 1. The van der Waals surface area contributed by atoms with Gasteiger partial charge < -0.3 is 15.5 Å². The average Bonchev–Trinajstić information content (AvgIpc) is 3.38. The number of hydrogen-bond donors (Lipinski definition) is 1. The van der Waals surface area contributed by atoms with Crippen molar-refractivity contribution in [1.29, 1.82) is 0 Å². The van der Waals surface area contributed by atoms with Gasteiger partial charge in [0.05, 0.1) is 10.6 Å². The summed E-state index contributed by atoms with van der Waals surface area (Å²) in [6.45, 7) is 2.19. The van der Waals surface area contributed by atoms with Gasteiger partial charge in [-0.3, -0.25) is 14.6 Å². The van der Waals surface area contributed by atoms with Crippen LogP contribution >= 0.6 is 11.3 Å². The minimum absolute atomic E-state index is 0.115. The second kappa shape index (κ2) is 9.58. The number of carbonyl (C=O) groups excluding carboxylic acids is 2. The molecule has 7 heteroatoms. The summed E-state index contributed by atoms with van der Waals surface area (Å²) in [4.78, 5) is 34.2. The second-order valence-corrected chi connectivity index (χ2v) is 9.22. The van der Waals surface area contributed by atoms with Gasteiger partial charge in [0.25, 0.3) is 5.91 Å². The number of hydrogen-bond acceptors (Lipinski definition) is 5. The Hall–Kier alpha value is -2.77. The lowest BCUT2D eigenvalue weighted by atomic mass is 10.00. The van der Waals surface area contributed by atoms with Gasteiger partial charge in [-0.05, 0) is 55.5 Å². The maximum absolute atomic E-state index is 13.0. The Kier molecular flexibility index (Phi) is 6.63. The third-order valence-corrected chi connectivity index (χ3v) is 7.15. The molecule has 2 N–H and O–H groups in total. The normalized spacial score (nSPS) is 16.3. The van der Waals surface area contributed by atoms with Gasteiger partial charge in [-0.1, -0.05) is 24.3 Å². The second-order valence-electron chi connectivity index (χ2n) is 8.17. The standard InChI is InChI=1S/C24H28N4O2S/c1-27(16-17-7-4-5-12-26-17)14-11-22(29)28-13-6-8-18(28)15-20-19-9-2-3-10-21(19)31-23(20)24(25)30/h2-5,7,9-10,12,18H,6,8,11,13-16H2,1H3,(H2,25,30)/t18-/m0/s1. The van der Waals surface area contributed by atoms with E-state index in [1.54, 1.807) is 6.20 Å². The van der Waals surface area contributed by atoms with Crippen LogP contribution in [0.15, 0.2) is 48.7 Å². The molecule has 0 unspecified atom stereocenters. The number of pyridine rings is 1. The molecule has 0 bridgehead atoms. The van der Waals surface area contributed by atoms with E-state index >= 15 is 0 Å². The predicted octanol–water partition coefficient (Wildman–Crippen LogP) is 3.45. The first-order chi connectivity index (χ1) is 15.0. The summed E-state index contributed by atoms with van der Waals surface area (Å²) in [5, 5.41) is 1.08. The molecule has 0 saturated carbocycles. The van der Waals surface area contributed by atoms with Crippen LogP contribution in [-0.4, -0.2) is 52.8 Å². The third kappa shape index (κ3) is 4.94. The number of nitrogens with two attached hydrogens (primary N) is 1. The van der Waals surface area contributed by atoms with Gasteiger partial charge in [-0.25, -0.2) is 0 Å². The van der Waals surface area contributed by atoms with Crippen molar-refractivity contribution in [3.63, 3.8) is 0 Å². The topological polar surface area (TPSA) is 79.5 Å². The molecule has 1 saturated heterocycles. The Bertz CT molecular complexity index is 1070. The number of carbonyl (C=O) groups is 2. The van der Waals surface area contributed by atoms with Crippen LogP contribution in [-0.2, 0) is 17.8 Å². The zero-order valence-corrected chi connectivity index (χ0v) is 18.6. The van der Waals surface area contributed by atoms with Gasteiger partial charge in [-0.15, -0.1) is 11.3 Å². The van der Waals surface area contributed by atoms with Crippen LogP contribution < -0.4 is 5.73 Å². The van der Waals surface area contributed by atoms with Crippen molar-refractivity contribution in [2.24, 2.45) is 5.73 Å². The van der Waals surface area contributed by atoms with E-state index < -0.39 is 0 Å². The van der Waals surface area contributed by atoms with Crippen molar-refractivity contribution >= 4 is 33.2 Å². The lowest BCUT2D eigenvalue weighted by Crippen LogP contribution is -2.38. The molecular formula is C24H28N4O2S. The Morgan fingerprint density at radius 3 is 2.81 bits per heavy atom. The van der Waals surface area contributed by atoms with Crippen LogP contribution in [0.1, 0.15) is 40.2 Å². The lowest BCUT2D eigenvalue weighted by Gasteiger charge is -2.26. The highest BCUT2D eigenvalue weighted by Crippen LogP contribution is 2.34. The summed E-state index contributed by atoms with van der Waals surface area (Å²) in [6, 6.07) is 14.0. The van der Waals surface area contributed by atoms with Gasteiger partial charge in [0, 0.05) is 43.0 Å². The molecule has 1 aliphatic heterocycles. The number of benzene rings is 1. The van der Waals surface area contributed by atoms with Crippen LogP contribution in [0.5, 0.6) is 0 Å². The molecule has 0 aliphatic carbocycles. The number of amides is 2. The average molecular weight is 437 g/mol. The molecule has 0 spiro atoms. The zero-order chi connectivity index (χ0) is 21.8. The molecule has 1 fully saturated rings. The van der Waals surface area contributed by atoms with Crippen molar-refractivity contribution < 1.29 is 9.59 Å². The van der Waals surface area contributed by atoms with Crippen LogP contribution in [0.2, 0.25) is 0 Å². The highest BCUT2D eigenvalue weighted by molar-refractivity contribution is 7.21. The summed E-state index contributed by atoms with van der Waals surface area (Å²) < 4.78 is 1.07. The molecule has 3 aromatic rings. The molecule has 2 amide bonds. The van der Waals surface area contributed by atoms with E-state index in [4.69, 9.17) is 5.73 Å². The van der Waals surface area contributed by atoms with Gasteiger partial charge >= 0.3 is 0 Å². The Labute approximate surface area is 186 Å². The number of rotatable bonds is 8. The fourth-order valence-electron chi connectivity index (χ4n) is 4.39. The summed E-state index contributed by atoms with van der Waals surface area (Å²) in [7, 11) is 2.01. The molecule has 1 aliphatic rings. The predicted molar refractivity (Wildman–Crippen MR) is 124 cm³/mol. The Morgan fingerprint density at radius 1 is 1.23 bits per heavy atom. The molecule has 2 aromatic heterocycles. The molecule has 3 heterocycles. The minimum atomic E-state index is -0.386. The Balaban J connectivity index is 1.41. The molecular weight excluding hydrogens is 408 g/mol. The van der Waals surface area contributed by atoms with Gasteiger partial charge in [-0.2, -0.15) is 0 Å². The maximum atomic E-state index is 13.0. The SMILES string of the molecule is CN(CCC(=O)N1CCC[C@H]1Cc1c(C(N)=O)sc2ccccc12)Cc1ccccn1. The van der Waals surface area contributed by atoms with Crippen molar-refractivity contribution in [3.8, 4) is 0 Å². The van der Waals surface area contributed by atoms with Crippen LogP contribution in [0.4, 0.5) is 0 Å². The van der Waals surface area contributed by atoms with E-state index in [0.29, 0.717) is 24.3 Å². The monoisotopic (exact) mass is 436 g/mol. The van der Waals surface area contributed by atoms with Gasteiger partial charge in [0.1, 0.15) is 0 Å². The smallest absolute Gasteiger partial charge is 0.259 e. The lowest BCUT2D eigenvalue weighted by molar-refractivity contribution is -0.132. The molecule has 1 atom stereocenters. The van der Waals surface area contributed by atoms with E-state index in [9.17, 15) is 9.59 Å². The first-order valence-electron chi connectivity index (χ1n) is 10.7. The van der Waals surface area contributed by atoms with Crippen molar-refractivity contribution in [3.05, 3.63) is 64.8 Å². The largest absolute Gasteiger partial charge is 0.365 e. The van der Waals surface area contributed by atoms with Gasteiger partial charge in [0.15, 0.2) is 0 Å². The van der Waals surface area contributed by atoms with Crippen LogP contribution in [0, 0.1) is 0 Å². The highest BCUT2D eigenvalue weighted by atomic mass is 32.1. The van der Waals surface area contributed by atoms with E-state index in [1.807, 2.05) is 54.4 Å². The third-order valence-electron chi connectivity index (χ3n) is 5.92. The first kappa shape index (κ1) is 21.5. The summed E-state index contributed by atoms with van der Waals surface area (Å²) in [5.41, 5.74) is 7.66. The van der Waals surface area contributed by atoms with E-state index in [2.05, 4.69) is 9.88 Å². The summed E-state index contributed by atoms with van der Waals surface area (Å²) in [6.07, 6.45) is 4.90. The Morgan fingerprint density at radius 2 is 2.03 bits per heavy atom. The molecule has 162 valence electrons. The van der Waals surface area contributed by atoms with E-state index in [0.717, 1.165) is 47.3 Å². The molecule has 0 radical (unpaired) electrons. The molecule has 31 heavy (non-hydrogen) atoms. The molecule has 1 aromatic carbocycles. The summed E-state index contributed by atoms with van der Waals surface area (Å²) >= 11 is 1.45. The first-order valence-corrected chi connectivity index (χ1v) is 11.5. The fraction of sp³-hybridized carbons (Fsp3) is 0.375. The number of likely N-dealkylation sites (tertiary alicyclic amines) is 1. The van der Waals surface area contributed by atoms with E-state index in [-0.39, 0.29) is 17.9 Å².